The molecule has 0 aromatic rings. The Hall–Kier alpha value is -1.30. The molecule has 0 unspecified atom stereocenters. The average Bonchev–Trinajstić information content (AvgIpc) is 2.47. The van der Waals surface area contributed by atoms with Crippen LogP contribution >= 0.6 is 0 Å². The fraction of sp³-hybridized carbons (Fsp3) is 0.667. The molecule has 0 saturated carbocycles. The second-order valence-corrected chi connectivity index (χ2v) is 2.56. The molecule has 1 heterocycles. The fourth-order valence-electron chi connectivity index (χ4n) is 1.09. The maximum absolute atomic E-state index is 10.9. The lowest BCUT2D eigenvalue weighted by Crippen LogP contribution is -2.34. The number of amides is 2. The first kappa shape index (κ1) is 8.79. The molecule has 0 aliphatic carbocycles. The molecule has 0 radical (unpaired) electrons. The molecule has 0 spiro atoms. The molecule has 1 saturated heterocycles. The highest BCUT2D eigenvalue weighted by atomic mass is 16.7. The van der Waals surface area contributed by atoms with Gasteiger partial charge in [-0.2, -0.15) is 5.90 Å². The molecule has 1 atom stereocenters. The van der Waals surface area contributed by atoms with E-state index in [-0.39, 0.29) is 18.4 Å². The number of nitrogens with one attached hydrogen (secondary N) is 2. The van der Waals surface area contributed by atoms with Crippen LogP contribution in [-0.4, -0.2) is 25.1 Å². The lowest BCUT2D eigenvalue weighted by atomic mass is 10.1. The standard InChI is InChI=1S/C6H11N3O3/c7-12-6(11)9-3-4-1-2-8-5(4)10/h4H,1-3,7H2,(H,8,10)(H,9,11)/t4-/m0/s1. The Morgan fingerprint density at radius 2 is 2.58 bits per heavy atom. The van der Waals surface area contributed by atoms with Crippen LogP contribution in [0.25, 0.3) is 0 Å². The highest BCUT2D eigenvalue weighted by molar-refractivity contribution is 5.81. The zero-order chi connectivity index (χ0) is 8.97. The van der Waals surface area contributed by atoms with Crippen LogP contribution in [0.2, 0.25) is 0 Å². The van der Waals surface area contributed by atoms with Crippen LogP contribution < -0.4 is 16.5 Å². The zero-order valence-electron chi connectivity index (χ0n) is 6.50. The van der Waals surface area contributed by atoms with Crippen molar-refractivity contribution in [2.45, 2.75) is 6.42 Å². The third-order valence-electron chi connectivity index (χ3n) is 1.76. The maximum atomic E-state index is 10.9. The van der Waals surface area contributed by atoms with Gasteiger partial charge in [-0.3, -0.25) is 4.79 Å². The summed E-state index contributed by atoms with van der Waals surface area (Å²) in [6.07, 6.45) is 0.0265. The molecule has 12 heavy (non-hydrogen) atoms. The SMILES string of the molecule is NOC(=O)NC[C@@H]1CCNC1=O. The summed E-state index contributed by atoms with van der Waals surface area (Å²) in [6.45, 7) is 0.949. The normalized spacial score (nSPS) is 21.8. The molecule has 1 aliphatic heterocycles. The first-order chi connectivity index (χ1) is 5.74. The Labute approximate surface area is 69.4 Å². The number of hydrogen-bond donors (Lipinski definition) is 3. The van der Waals surface area contributed by atoms with Gasteiger partial charge in [-0.1, -0.05) is 0 Å². The van der Waals surface area contributed by atoms with Crippen molar-refractivity contribution in [3.05, 3.63) is 0 Å². The number of nitrogens with two attached hydrogens (primary N) is 1. The Kier molecular flexibility index (Phi) is 2.87. The van der Waals surface area contributed by atoms with E-state index in [2.05, 4.69) is 21.4 Å². The second-order valence-electron chi connectivity index (χ2n) is 2.56. The molecule has 68 valence electrons. The summed E-state index contributed by atoms with van der Waals surface area (Å²) in [6, 6.07) is 0. The largest absolute Gasteiger partial charge is 0.425 e. The van der Waals surface area contributed by atoms with Gasteiger partial charge in [-0.15, -0.1) is 0 Å². The summed E-state index contributed by atoms with van der Waals surface area (Å²) in [4.78, 5) is 25.3. The molecule has 1 fully saturated rings. The van der Waals surface area contributed by atoms with Crippen LogP contribution in [0.4, 0.5) is 4.79 Å². The summed E-state index contributed by atoms with van der Waals surface area (Å²) in [5.41, 5.74) is 0. The van der Waals surface area contributed by atoms with Gasteiger partial charge >= 0.3 is 6.09 Å². The lowest BCUT2D eigenvalue weighted by molar-refractivity contribution is -0.122. The molecular formula is C6H11N3O3. The van der Waals surface area contributed by atoms with Crippen LogP contribution in [0, 0.1) is 5.92 Å². The minimum Gasteiger partial charge on any atom is -0.357 e. The van der Waals surface area contributed by atoms with Crippen LogP contribution in [-0.2, 0) is 9.63 Å². The van der Waals surface area contributed by atoms with E-state index >= 15 is 0 Å². The van der Waals surface area contributed by atoms with Gasteiger partial charge in [0.05, 0.1) is 5.92 Å². The van der Waals surface area contributed by atoms with Gasteiger partial charge < -0.3 is 15.5 Å². The van der Waals surface area contributed by atoms with Crippen molar-refractivity contribution < 1.29 is 14.4 Å². The van der Waals surface area contributed by atoms with E-state index < -0.39 is 6.09 Å². The van der Waals surface area contributed by atoms with Crippen molar-refractivity contribution >= 4 is 12.0 Å². The van der Waals surface area contributed by atoms with Gasteiger partial charge in [0.1, 0.15) is 0 Å². The zero-order valence-corrected chi connectivity index (χ0v) is 6.50. The number of carbonyl (C=O) groups excluding carboxylic acids is 2. The van der Waals surface area contributed by atoms with Gasteiger partial charge in [-0.05, 0) is 6.42 Å². The van der Waals surface area contributed by atoms with Crippen LogP contribution in [0.15, 0.2) is 0 Å². The fourth-order valence-corrected chi connectivity index (χ4v) is 1.09. The maximum Gasteiger partial charge on any atom is 0.425 e. The van der Waals surface area contributed by atoms with Gasteiger partial charge in [-0.25, -0.2) is 4.79 Å². The summed E-state index contributed by atoms with van der Waals surface area (Å²) < 4.78 is 0. The third-order valence-corrected chi connectivity index (χ3v) is 1.76. The molecule has 1 rings (SSSR count). The summed E-state index contributed by atoms with van der Waals surface area (Å²) in [5, 5.41) is 5.01. The molecule has 2 amide bonds. The smallest absolute Gasteiger partial charge is 0.357 e. The van der Waals surface area contributed by atoms with Crippen molar-refractivity contribution in [1.29, 1.82) is 0 Å². The summed E-state index contributed by atoms with van der Waals surface area (Å²) in [5.74, 6) is 4.39. The summed E-state index contributed by atoms with van der Waals surface area (Å²) in [7, 11) is 0. The molecule has 0 bridgehead atoms. The highest BCUT2D eigenvalue weighted by Crippen LogP contribution is 2.06. The quantitative estimate of drug-likeness (QED) is 0.453. The van der Waals surface area contributed by atoms with Gasteiger partial charge in [0.25, 0.3) is 0 Å². The van der Waals surface area contributed by atoms with E-state index in [0.717, 1.165) is 6.42 Å². The monoisotopic (exact) mass is 173 g/mol. The molecule has 0 aromatic carbocycles. The minimum absolute atomic E-state index is 0.0349. The van der Waals surface area contributed by atoms with Crippen molar-refractivity contribution in [3.8, 4) is 0 Å². The van der Waals surface area contributed by atoms with E-state index in [4.69, 9.17) is 0 Å². The molecule has 6 heteroatoms. The molecular weight excluding hydrogens is 162 g/mol. The molecule has 6 nitrogen and oxygen atoms in total. The Morgan fingerprint density at radius 1 is 1.83 bits per heavy atom. The first-order valence-electron chi connectivity index (χ1n) is 3.66. The number of rotatable bonds is 2. The van der Waals surface area contributed by atoms with E-state index in [1.54, 1.807) is 0 Å². The van der Waals surface area contributed by atoms with Crippen molar-refractivity contribution in [1.82, 2.24) is 10.6 Å². The Balaban J connectivity index is 2.22. The lowest BCUT2D eigenvalue weighted by Gasteiger charge is -2.06. The molecule has 0 aromatic heterocycles. The van der Waals surface area contributed by atoms with Crippen LogP contribution in [0.1, 0.15) is 6.42 Å². The van der Waals surface area contributed by atoms with Crippen molar-refractivity contribution in [3.63, 3.8) is 0 Å². The predicted molar refractivity (Wildman–Crippen MR) is 39.8 cm³/mol. The number of hydrogen-bond acceptors (Lipinski definition) is 4. The molecule has 1 aliphatic rings. The Morgan fingerprint density at radius 3 is 3.08 bits per heavy atom. The second kappa shape index (κ2) is 3.91. The average molecular weight is 173 g/mol. The van der Waals surface area contributed by atoms with E-state index in [9.17, 15) is 9.59 Å². The van der Waals surface area contributed by atoms with Crippen molar-refractivity contribution in [2.24, 2.45) is 11.8 Å². The number of carbonyl (C=O) groups is 2. The minimum atomic E-state index is -0.713. The topological polar surface area (TPSA) is 93.4 Å². The molecule has 4 N–H and O–H groups in total. The van der Waals surface area contributed by atoms with Crippen molar-refractivity contribution in [2.75, 3.05) is 13.1 Å². The van der Waals surface area contributed by atoms with Crippen LogP contribution in [0.3, 0.4) is 0 Å². The first-order valence-corrected chi connectivity index (χ1v) is 3.66. The van der Waals surface area contributed by atoms with Crippen LogP contribution in [0.5, 0.6) is 0 Å². The third kappa shape index (κ3) is 2.09. The summed E-state index contributed by atoms with van der Waals surface area (Å²) >= 11 is 0. The predicted octanol–water partition coefficient (Wildman–Crippen LogP) is -1.28. The Bertz CT molecular complexity index is 194. The van der Waals surface area contributed by atoms with Gasteiger partial charge in [0.15, 0.2) is 0 Å². The van der Waals surface area contributed by atoms with E-state index in [1.807, 2.05) is 0 Å². The van der Waals surface area contributed by atoms with Gasteiger partial charge in [0.2, 0.25) is 5.91 Å². The van der Waals surface area contributed by atoms with E-state index in [0.29, 0.717) is 6.54 Å². The van der Waals surface area contributed by atoms with E-state index in [1.165, 1.54) is 0 Å². The van der Waals surface area contributed by atoms with Gasteiger partial charge in [0, 0.05) is 13.1 Å². The highest BCUT2D eigenvalue weighted by Gasteiger charge is 2.24.